The number of anilines is 2. The Morgan fingerprint density at radius 3 is 2.05 bits per heavy atom. The Hall–Kier alpha value is -5.12. The fraction of sp³-hybridized carbons (Fsp3) is 0.172. The van der Waals surface area contributed by atoms with E-state index in [1.807, 2.05) is 38.1 Å². The van der Waals surface area contributed by atoms with Crippen LogP contribution < -0.4 is 25.4 Å². The summed E-state index contributed by atoms with van der Waals surface area (Å²) in [5.74, 6) is -1.04. The highest BCUT2D eigenvalue weighted by atomic mass is 16.5. The molecule has 39 heavy (non-hydrogen) atoms. The molecule has 0 bridgehead atoms. The first kappa shape index (κ1) is 26.9. The second kappa shape index (κ2) is 12.0. The fourth-order valence-electron chi connectivity index (χ4n) is 3.79. The summed E-state index contributed by atoms with van der Waals surface area (Å²) in [7, 11) is 1.45. The molecule has 10 nitrogen and oxygen atoms in total. The fourth-order valence-corrected chi connectivity index (χ4v) is 3.79. The Bertz CT molecular complexity index is 1430. The minimum atomic E-state index is -0.729. The van der Waals surface area contributed by atoms with Crippen LogP contribution in [0, 0.1) is 13.8 Å². The quantitative estimate of drug-likeness (QED) is 0.286. The number of amides is 5. The molecule has 0 aromatic heterocycles. The van der Waals surface area contributed by atoms with Gasteiger partial charge < -0.3 is 25.4 Å². The van der Waals surface area contributed by atoms with E-state index in [2.05, 4.69) is 16.0 Å². The number of ether oxygens (including phenoxy) is 2. The number of aryl methyl sites for hydroxylation is 2. The van der Waals surface area contributed by atoms with Crippen molar-refractivity contribution in [3.05, 3.63) is 89.1 Å². The van der Waals surface area contributed by atoms with Crippen molar-refractivity contribution in [3.8, 4) is 11.5 Å². The predicted molar refractivity (Wildman–Crippen MR) is 146 cm³/mol. The van der Waals surface area contributed by atoms with Crippen molar-refractivity contribution in [3.63, 3.8) is 0 Å². The molecule has 0 radical (unpaired) electrons. The highest BCUT2D eigenvalue weighted by Crippen LogP contribution is 2.33. The van der Waals surface area contributed by atoms with Crippen molar-refractivity contribution < 1.29 is 28.7 Å². The molecular formula is C29H28N4O6. The number of imide groups is 1. The van der Waals surface area contributed by atoms with E-state index in [-0.39, 0.29) is 24.0 Å². The summed E-state index contributed by atoms with van der Waals surface area (Å²) in [5, 5.41) is 7.91. The van der Waals surface area contributed by atoms with Gasteiger partial charge in [0.25, 0.3) is 11.8 Å². The lowest BCUT2D eigenvalue weighted by Crippen LogP contribution is -2.38. The highest BCUT2D eigenvalue weighted by molar-refractivity contribution is 6.16. The van der Waals surface area contributed by atoms with Gasteiger partial charge in [0.1, 0.15) is 12.2 Å². The maximum Gasteiger partial charge on any atom is 0.329 e. The van der Waals surface area contributed by atoms with Crippen LogP contribution >= 0.6 is 0 Å². The van der Waals surface area contributed by atoms with Crippen LogP contribution in [0.4, 0.5) is 16.2 Å². The lowest BCUT2D eigenvalue weighted by Gasteiger charge is -2.14. The molecule has 0 aliphatic carbocycles. The zero-order valence-electron chi connectivity index (χ0n) is 21.7. The van der Waals surface area contributed by atoms with E-state index in [1.165, 1.54) is 13.2 Å². The van der Waals surface area contributed by atoms with E-state index < -0.39 is 24.4 Å². The molecule has 3 aromatic carbocycles. The minimum Gasteiger partial charge on any atom is -0.493 e. The topological polar surface area (TPSA) is 126 Å². The molecule has 1 fully saturated rings. The maximum absolute atomic E-state index is 13.0. The molecule has 3 N–H and O–H groups in total. The van der Waals surface area contributed by atoms with Gasteiger partial charge in [0.05, 0.1) is 7.11 Å². The number of hydrogen-bond acceptors (Lipinski definition) is 6. The summed E-state index contributed by atoms with van der Waals surface area (Å²) < 4.78 is 11.2. The Balaban J connectivity index is 1.45. The molecule has 1 heterocycles. The highest BCUT2D eigenvalue weighted by Gasteiger charge is 2.35. The zero-order valence-corrected chi connectivity index (χ0v) is 21.7. The van der Waals surface area contributed by atoms with Crippen LogP contribution in [0.15, 0.2) is 72.4 Å². The van der Waals surface area contributed by atoms with Gasteiger partial charge in [-0.3, -0.25) is 14.4 Å². The van der Waals surface area contributed by atoms with Gasteiger partial charge in [-0.05, 0) is 50.3 Å². The second-order valence-corrected chi connectivity index (χ2v) is 8.88. The maximum atomic E-state index is 13.0. The summed E-state index contributed by atoms with van der Waals surface area (Å²) in [4.78, 5) is 51.2. The Kier molecular flexibility index (Phi) is 8.25. The first-order chi connectivity index (χ1) is 18.7. The normalized spacial score (nSPS) is 13.7. The van der Waals surface area contributed by atoms with E-state index in [0.717, 1.165) is 16.0 Å². The van der Waals surface area contributed by atoms with Gasteiger partial charge >= 0.3 is 6.03 Å². The van der Waals surface area contributed by atoms with E-state index in [4.69, 9.17) is 9.47 Å². The van der Waals surface area contributed by atoms with Crippen LogP contribution in [0.2, 0.25) is 0 Å². The van der Waals surface area contributed by atoms with Gasteiger partial charge in [-0.25, -0.2) is 9.69 Å². The second-order valence-electron chi connectivity index (χ2n) is 8.88. The van der Waals surface area contributed by atoms with Crippen LogP contribution in [-0.4, -0.2) is 48.9 Å². The van der Waals surface area contributed by atoms with Crippen LogP contribution in [0.5, 0.6) is 11.5 Å². The van der Waals surface area contributed by atoms with Gasteiger partial charge in [-0.15, -0.1) is 0 Å². The molecule has 0 atom stereocenters. The molecule has 1 aliphatic rings. The van der Waals surface area contributed by atoms with Crippen molar-refractivity contribution >= 4 is 41.2 Å². The first-order valence-electron chi connectivity index (χ1n) is 12.1. The number of urea groups is 1. The molecule has 10 heteroatoms. The van der Waals surface area contributed by atoms with Crippen molar-refractivity contribution in [1.29, 1.82) is 0 Å². The van der Waals surface area contributed by atoms with Gasteiger partial charge in [0.2, 0.25) is 5.91 Å². The molecule has 5 amide bonds. The first-order valence-corrected chi connectivity index (χ1v) is 12.1. The van der Waals surface area contributed by atoms with Crippen molar-refractivity contribution in [1.82, 2.24) is 10.2 Å². The molecular weight excluding hydrogens is 500 g/mol. The standard InChI is InChI=1S/C29H28N4O6/c1-18-7-11-21(12-8-18)30-25(34)16-33-28(36)23(32-29(33)37)15-20-5-4-6-24(38-3)27(20)39-17-26(35)31-22-13-9-19(2)10-14-22/h4-15H,16-17H2,1-3H3,(H,30,34)(H,31,35)(H,32,37)/b23-15+. The molecule has 0 unspecified atom stereocenters. The van der Waals surface area contributed by atoms with E-state index >= 15 is 0 Å². The van der Waals surface area contributed by atoms with Crippen molar-refractivity contribution in [2.45, 2.75) is 13.8 Å². The molecule has 0 saturated carbocycles. The van der Waals surface area contributed by atoms with Crippen LogP contribution in [-0.2, 0) is 14.4 Å². The number of benzene rings is 3. The molecule has 1 saturated heterocycles. The number of para-hydroxylation sites is 1. The summed E-state index contributed by atoms with van der Waals surface area (Å²) in [6.45, 7) is 3.08. The van der Waals surface area contributed by atoms with E-state index in [1.54, 1.807) is 42.5 Å². The Morgan fingerprint density at radius 2 is 1.46 bits per heavy atom. The minimum absolute atomic E-state index is 0.0506. The smallest absolute Gasteiger partial charge is 0.329 e. The number of carbonyl (C=O) groups excluding carboxylic acids is 4. The number of nitrogens with one attached hydrogen (secondary N) is 3. The summed E-state index contributed by atoms with van der Waals surface area (Å²) in [6.07, 6.45) is 1.41. The van der Waals surface area contributed by atoms with Gasteiger partial charge in [0, 0.05) is 16.9 Å². The molecule has 1 aliphatic heterocycles. The largest absolute Gasteiger partial charge is 0.493 e. The lowest BCUT2D eigenvalue weighted by atomic mass is 10.1. The number of nitrogens with zero attached hydrogens (tertiary/aromatic N) is 1. The monoisotopic (exact) mass is 528 g/mol. The van der Waals surface area contributed by atoms with Gasteiger partial charge in [-0.1, -0.05) is 47.5 Å². The summed E-state index contributed by atoms with van der Waals surface area (Å²) >= 11 is 0. The lowest BCUT2D eigenvalue weighted by molar-refractivity contribution is -0.127. The average Bonchev–Trinajstić information content (AvgIpc) is 3.17. The number of carbonyl (C=O) groups is 4. The number of hydrogen-bond donors (Lipinski definition) is 3. The Labute approximate surface area is 225 Å². The third-order valence-electron chi connectivity index (χ3n) is 5.81. The van der Waals surface area contributed by atoms with Crippen LogP contribution in [0.3, 0.4) is 0 Å². The molecule has 0 spiro atoms. The van der Waals surface area contributed by atoms with Crippen molar-refractivity contribution in [2.75, 3.05) is 30.9 Å². The number of methoxy groups -OCH3 is 1. The number of rotatable bonds is 9. The predicted octanol–water partition coefficient (Wildman–Crippen LogP) is 3.86. The zero-order chi connectivity index (χ0) is 27.9. The SMILES string of the molecule is COc1cccc(/C=C2/NC(=O)N(CC(=O)Nc3ccc(C)cc3)C2=O)c1OCC(=O)Nc1ccc(C)cc1. The van der Waals surface area contributed by atoms with Crippen LogP contribution in [0.1, 0.15) is 16.7 Å². The van der Waals surface area contributed by atoms with Crippen LogP contribution in [0.25, 0.3) is 6.08 Å². The van der Waals surface area contributed by atoms with E-state index in [0.29, 0.717) is 22.7 Å². The summed E-state index contributed by atoms with van der Waals surface area (Å²) in [5.41, 5.74) is 3.62. The third kappa shape index (κ3) is 6.80. The van der Waals surface area contributed by atoms with Gasteiger partial charge in [-0.2, -0.15) is 0 Å². The van der Waals surface area contributed by atoms with Crippen molar-refractivity contribution in [2.24, 2.45) is 0 Å². The molecule has 3 aromatic rings. The van der Waals surface area contributed by atoms with E-state index in [9.17, 15) is 19.2 Å². The van der Waals surface area contributed by atoms with Gasteiger partial charge in [0.15, 0.2) is 18.1 Å². The summed E-state index contributed by atoms with van der Waals surface area (Å²) in [6, 6.07) is 18.7. The molecule has 200 valence electrons. The third-order valence-corrected chi connectivity index (χ3v) is 5.81. The molecule has 4 rings (SSSR count). The average molecular weight is 529 g/mol. The Morgan fingerprint density at radius 1 is 0.872 bits per heavy atom.